The quantitative estimate of drug-likeness (QED) is 0.748. The first-order valence-electron chi connectivity index (χ1n) is 6.83. The van der Waals surface area contributed by atoms with E-state index in [4.69, 9.17) is 5.73 Å². The minimum atomic E-state index is -4.44. The summed E-state index contributed by atoms with van der Waals surface area (Å²) in [4.78, 5) is 20.3. The number of benzene rings is 1. The van der Waals surface area contributed by atoms with Crippen LogP contribution >= 0.6 is 0 Å². The lowest BCUT2D eigenvalue weighted by molar-refractivity contribution is -0.137. The van der Waals surface area contributed by atoms with Crippen molar-refractivity contribution >= 4 is 11.7 Å². The van der Waals surface area contributed by atoms with Crippen LogP contribution in [-0.4, -0.2) is 20.3 Å². The fraction of sp³-hybridized carbons (Fsp3) is 0.0625. The number of carbonyl (C=O) groups excluding carboxylic acids is 1. The van der Waals surface area contributed by atoms with E-state index >= 15 is 0 Å². The third-order valence-corrected chi connectivity index (χ3v) is 3.42. The summed E-state index contributed by atoms with van der Waals surface area (Å²) < 4.78 is 39.3. The van der Waals surface area contributed by atoms with Crippen LogP contribution in [0.2, 0.25) is 0 Å². The number of carbonyl (C=O) groups is 1. The first-order valence-corrected chi connectivity index (χ1v) is 6.83. The van der Waals surface area contributed by atoms with Crippen LogP contribution in [0.3, 0.4) is 0 Å². The van der Waals surface area contributed by atoms with Gasteiger partial charge in [-0.1, -0.05) is 0 Å². The third kappa shape index (κ3) is 2.85. The van der Waals surface area contributed by atoms with Crippen LogP contribution in [0.1, 0.15) is 21.6 Å². The van der Waals surface area contributed by atoms with E-state index < -0.39 is 11.7 Å². The summed E-state index contributed by atoms with van der Waals surface area (Å²) in [7, 11) is 0. The molecular weight excluding hydrogens is 321 g/mol. The highest BCUT2D eigenvalue weighted by molar-refractivity contribution is 6.08. The van der Waals surface area contributed by atoms with Crippen molar-refractivity contribution in [2.45, 2.75) is 6.18 Å². The molecule has 5 nitrogen and oxygen atoms in total. The second-order valence-electron chi connectivity index (χ2n) is 4.95. The second-order valence-corrected chi connectivity index (χ2v) is 4.95. The van der Waals surface area contributed by atoms with Gasteiger partial charge in [0.25, 0.3) is 0 Å². The van der Waals surface area contributed by atoms with Crippen molar-refractivity contribution in [1.82, 2.24) is 14.5 Å². The third-order valence-electron chi connectivity index (χ3n) is 3.42. The van der Waals surface area contributed by atoms with Crippen molar-refractivity contribution in [1.29, 1.82) is 0 Å². The van der Waals surface area contributed by atoms with E-state index in [0.717, 1.165) is 12.1 Å². The Morgan fingerprint density at radius 3 is 2.25 bits per heavy atom. The van der Waals surface area contributed by atoms with Gasteiger partial charge in [0, 0.05) is 23.6 Å². The van der Waals surface area contributed by atoms with Gasteiger partial charge >= 0.3 is 6.18 Å². The SMILES string of the molecule is Nc1ncc(C(=O)c2ccncc2)n1-c1ccc(C(F)(F)F)cc1. The lowest BCUT2D eigenvalue weighted by Gasteiger charge is -2.11. The molecule has 0 aliphatic heterocycles. The Morgan fingerprint density at radius 2 is 1.67 bits per heavy atom. The first kappa shape index (κ1) is 15.7. The molecule has 2 heterocycles. The molecule has 0 amide bonds. The molecule has 0 fully saturated rings. The number of alkyl halides is 3. The summed E-state index contributed by atoms with van der Waals surface area (Å²) in [6.45, 7) is 0. The maximum absolute atomic E-state index is 12.7. The van der Waals surface area contributed by atoms with Gasteiger partial charge in [0.15, 0.2) is 0 Å². The molecule has 0 aliphatic carbocycles. The van der Waals surface area contributed by atoms with E-state index in [9.17, 15) is 18.0 Å². The predicted molar refractivity (Wildman–Crippen MR) is 80.6 cm³/mol. The highest BCUT2D eigenvalue weighted by Crippen LogP contribution is 2.30. The number of pyridine rings is 1. The minimum absolute atomic E-state index is 0.00663. The molecule has 0 atom stereocenters. The highest BCUT2D eigenvalue weighted by Gasteiger charge is 2.30. The molecule has 0 saturated heterocycles. The molecule has 2 N–H and O–H groups in total. The molecule has 0 saturated carbocycles. The zero-order valence-corrected chi connectivity index (χ0v) is 12.2. The van der Waals surface area contributed by atoms with Gasteiger partial charge in [-0.25, -0.2) is 4.98 Å². The van der Waals surface area contributed by atoms with Crippen molar-refractivity contribution in [3.05, 3.63) is 71.8 Å². The number of hydrogen-bond donors (Lipinski definition) is 1. The lowest BCUT2D eigenvalue weighted by Crippen LogP contribution is -2.11. The maximum atomic E-state index is 12.7. The van der Waals surface area contributed by atoms with Gasteiger partial charge in [0.1, 0.15) is 5.69 Å². The molecule has 0 aliphatic rings. The molecule has 0 spiro atoms. The number of halogens is 3. The fourth-order valence-corrected chi connectivity index (χ4v) is 2.25. The van der Waals surface area contributed by atoms with Crippen LogP contribution in [0, 0.1) is 0 Å². The van der Waals surface area contributed by atoms with Crippen LogP contribution in [0.15, 0.2) is 55.0 Å². The summed E-state index contributed by atoms with van der Waals surface area (Å²) in [5, 5.41) is 0. The van der Waals surface area contributed by atoms with Gasteiger partial charge in [-0.3, -0.25) is 14.3 Å². The lowest BCUT2D eigenvalue weighted by atomic mass is 10.1. The summed E-state index contributed by atoms with van der Waals surface area (Å²) in [6, 6.07) is 7.39. The van der Waals surface area contributed by atoms with Crippen molar-refractivity contribution < 1.29 is 18.0 Å². The van der Waals surface area contributed by atoms with E-state index in [1.165, 1.54) is 47.4 Å². The number of nitrogens with two attached hydrogens (primary N) is 1. The van der Waals surface area contributed by atoms with Crippen LogP contribution in [0.4, 0.5) is 19.1 Å². The number of nitrogen functional groups attached to an aromatic ring is 1. The Morgan fingerprint density at radius 1 is 1.04 bits per heavy atom. The smallest absolute Gasteiger partial charge is 0.369 e. The number of aromatic nitrogens is 3. The van der Waals surface area contributed by atoms with E-state index in [0.29, 0.717) is 11.3 Å². The average molecular weight is 332 g/mol. The standard InChI is InChI=1S/C16H11F3N4O/c17-16(18,19)11-1-3-12(4-2-11)23-13(9-22-15(23)20)14(24)10-5-7-21-8-6-10/h1-9H,(H2,20,22). The molecule has 3 rings (SSSR count). The molecular formula is C16H11F3N4O. The monoisotopic (exact) mass is 332 g/mol. The maximum Gasteiger partial charge on any atom is 0.416 e. The molecule has 0 unspecified atom stereocenters. The number of rotatable bonds is 3. The molecule has 0 radical (unpaired) electrons. The zero-order valence-electron chi connectivity index (χ0n) is 12.2. The van der Waals surface area contributed by atoms with E-state index in [1.54, 1.807) is 0 Å². The van der Waals surface area contributed by atoms with Gasteiger partial charge in [0.05, 0.1) is 11.8 Å². The number of hydrogen-bond acceptors (Lipinski definition) is 4. The Balaban J connectivity index is 2.04. The van der Waals surface area contributed by atoms with Gasteiger partial charge < -0.3 is 5.73 Å². The molecule has 122 valence electrons. The summed E-state index contributed by atoms with van der Waals surface area (Å²) in [5.41, 5.74) is 5.83. The van der Waals surface area contributed by atoms with Crippen LogP contribution in [0.5, 0.6) is 0 Å². The van der Waals surface area contributed by atoms with Crippen molar-refractivity contribution in [2.75, 3.05) is 5.73 Å². The van der Waals surface area contributed by atoms with Crippen molar-refractivity contribution in [2.24, 2.45) is 0 Å². The van der Waals surface area contributed by atoms with E-state index in [2.05, 4.69) is 9.97 Å². The number of ketones is 1. The Labute approximate surface area is 134 Å². The van der Waals surface area contributed by atoms with Crippen molar-refractivity contribution in [3.8, 4) is 5.69 Å². The average Bonchev–Trinajstić information content (AvgIpc) is 2.96. The van der Waals surface area contributed by atoms with Crippen LogP contribution in [-0.2, 0) is 6.18 Å². The minimum Gasteiger partial charge on any atom is -0.369 e. The Hall–Kier alpha value is -3.16. The number of nitrogens with zero attached hydrogens (tertiary/aromatic N) is 3. The number of anilines is 1. The summed E-state index contributed by atoms with van der Waals surface area (Å²) in [6.07, 6.45) is -0.213. The molecule has 1 aromatic carbocycles. The van der Waals surface area contributed by atoms with Gasteiger partial charge in [-0.15, -0.1) is 0 Å². The van der Waals surface area contributed by atoms with E-state index in [-0.39, 0.29) is 17.4 Å². The fourth-order valence-electron chi connectivity index (χ4n) is 2.25. The molecule has 8 heteroatoms. The van der Waals surface area contributed by atoms with Crippen LogP contribution in [0.25, 0.3) is 5.69 Å². The highest BCUT2D eigenvalue weighted by atomic mass is 19.4. The Kier molecular flexibility index (Phi) is 3.80. The largest absolute Gasteiger partial charge is 0.416 e. The second kappa shape index (κ2) is 5.80. The van der Waals surface area contributed by atoms with Gasteiger partial charge in [-0.2, -0.15) is 13.2 Å². The molecule has 2 aromatic heterocycles. The molecule has 3 aromatic rings. The van der Waals surface area contributed by atoms with Gasteiger partial charge in [0.2, 0.25) is 11.7 Å². The zero-order chi connectivity index (χ0) is 17.3. The van der Waals surface area contributed by atoms with E-state index in [1.807, 2.05) is 0 Å². The molecule has 0 bridgehead atoms. The summed E-state index contributed by atoms with van der Waals surface area (Å²) >= 11 is 0. The van der Waals surface area contributed by atoms with Crippen LogP contribution < -0.4 is 5.73 Å². The topological polar surface area (TPSA) is 73.8 Å². The Bertz CT molecular complexity index is 871. The molecule has 24 heavy (non-hydrogen) atoms. The van der Waals surface area contributed by atoms with Gasteiger partial charge in [-0.05, 0) is 36.4 Å². The normalized spacial score (nSPS) is 11.5. The summed E-state index contributed by atoms with van der Waals surface area (Å²) in [5.74, 6) is -0.353. The first-order chi connectivity index (χ1) is 11.4. The predicted octanol–water partition coefficient (Wildman–Crippen LogP) is 3.10. The van der Waals surface area contributed by atoms with Crippen molar-refractivity contribution in [3.63, 3.8) is 0 Å². The number of imidazole rings is 1.